The van der Waals surface area contributed by atoms with Crippen molar-refractivity contribution in [3.8, 4) is 0 Å². The van der Waals surface area contributed by atoms with Crippen molar-refractivity contribution in [2.45, 2.75) is 25.1 Å². The second kappa shape index (κ2) is 3.83. The quantitative estimate of drug-likeness (QED) is 0.363. The molecule has 0 rings (SSSR count). The van der Waals surface area contributed by atoms with Crippen LogP contribution in [0.1, 0.15) is 20.3 Å². The molecule has 0 spiro atoms. The van der Waals surface area contributed by atoms with Gasteiger partial charge in [0.1, 0.15) is 0 Å². The fraction of sp³-hybridized carbons (Fsp3) is 0.833. The third-order valence-electron chi connectivity index (χ3n) is 0.851. The van der Waals surface area contributed by atoms with Gasteiger partial charge in [0.25, 0.3) is 0 Å². The van der Waals surface area contributed by atoms with Crippen LogP contribution in [0.5, 0.6) is 0 Å². The number of hydrogen-bond acceptors (Lipinski definition) is 4. The Morgan fingerprint density at radius 2 is 2.30 bits per heavy atom. The number of nitrogens with two attached hydrogens (primary N) is 1. The maximum Gasteiger partial charge on any atom is 0.336 e. The number of esters is 1. The summed E-state index contributed by atoms with van der Waals surface area (Å²) in [4.78, 5) is 9.64. The Hall–Kier alpha value is -0.220. The molecule has 0 aromatic rings. The van der Waals surface area contributed by atoms with Crippen LogP contribution in [0, 0.1) is 0 Å². The monoisotopic (exact) mass is 163 g/mol. The molecule has 0 radical (unpaired) electrons. The summed E-state index contributed by atoms with van der Waals surface area (Å²) in [6.07, 6.45) is 0.801. The van der Waals surface area contributed by atoms with Crippen LogP contribution in [0.3, 0.4) is 0 Å². The number of thiol groups is 1. The summed E-state index contributed by atoms with van der Waals surface area (Å²) in [6, 6.07) is 0. The lowest BCUT2D eigenvalue weighted by Crippen LogP contribution is -2.40. The summed E-state index contributed by atoms with van der Waals surface area (Å²) in [7, 11) is 0. The molecule has 0 heterocycles. The van der Waals surface area contributed by atoms with Gasteiger partial charge in [-0.1, -0.05) is 6.92 Å². The van der Waals surface area contributed by atoms with Gasteiger partial charge in [-0.05, 0) is 13.3 Å². The average Bonchev–Trinajstić information content (AvgIpc) is 1.80. The lowest BCUT2D eigenvalue weighted by Gasteiger charge is -2.14. The largest absolute Gasteiger partial charge is 0.464 e. The molecule has 0 bridgehead atoms. The molecule has 0 amide bonds. The minimum atomic E-state index is -1.16. The zero-order chi connectivity index (χ0) is 8.20. The molecule has 0 saturated carbocycles. The Balaban J connectivity index is 3.64. The predicted octanol–water partition coefficient (Wildman–Crippen LogP) is 0.544. The Kier molecular flexibility index (Phi) is 3.75. The van der Waals surface area contributed by atoms with Crippen LogP contribution in [0.25, 0.3) is 0 Å². The molecule has 60 valence electrons. The molecule has 1 atom stereocenters. The van der Waals surface area contributed by atoms with Gasteiger partial charge in [-0.15, -0.1) is 12.6 Å². The van der Waals surface area contributed by atoms with Gasteiger partial charge in [0, 0.05) is 0 Å². The van der Waals surface area contributed by atoms with Gasteiger partial charge in [-0.25, -0.2) is 4.79 Å². The molecule has 4 heteroatoms. The highest BCUT2D eigenvalue weighted by atomic mass is 32.1. The van der Waals surface area contributed by atoms with Crippen molar-refractivity contribution in [1.82, 2.24) is 0 Å². The van der Waals surface area contributed by atoms with E-state index in [4.69, 9.17) is 10.5 Å². The van der Waals surface area contributed by atoms with E-state index in [0.29, 0.717) is 6.61 Å². The molecular weight excluding hydrogens is 150 g/mol. The topological polar surface area (TPSA) is 52.3 Å². The highest BCUT2D eigenvalue weighted by Crippen LogP contribution is 2.06. The van der Waals surface area contributed by atoms with E-state index < -0.39 is 10.8 Å². The summed E-state index contributed by atoms with van der Waals surface area (Å²) in [5.74, 6) is -0.474. The minimum absolute atomic E-state index is 0.409. The van der Waals surface area contributed by atoms with Crippen LogP contribution in [-0.4, -0.2) is 17.4 Å². The van der Waals surface area contributed by atoms with E-state index in [9.17, 15) is 4.79 Å². The third kappa shape index (κ3) is 3.74. The van der Waals surface area contributed by atoms with E-state index in [1.165, 1.54) is 6.92 Å². The Labute approximate surface area is 66.3 Å². The summed E-state index contributed by atoms with van der Waals surface area (Å²) in [5.41, 5.74) is 5.31. The van der Waals surface area contributed by atoms with Crippen LogP contribution in [-0.2, 0) is 9.53 Å². The lowest BCUT2D eigenvalue weighted by atomic mass is 10.3. The normalized spacial score (nSPS) is 16.0. The lowest BCUT2D eigenvalue weighted by molar-refractivity contribution is -0.145. The first-order chi connectivity index (χ1) is 4.48. The maximum atomic E-state index is 10.8. The van der Waals surface area contributed by atoms with Crippen LogP contribution >= 0.6 is 12.6 Å². The maximum absolute atomic E-state index is 10.8. The van der Waals surface area contributed by atoms with E-state index >= 15 is 0 Å². The van der Waals surface area contributed by atoms with Gasteiger partial charge in [0.05, 0.1) is 6.61 Å². The first-order valence-electron chi connectivity index (χ1n) is 3.17. The average molecular weight is 163 g/mol. The molecule has 0 aliphatic heterocycles. The highest BCUT2D eigenvalue weighted by molar-refractivity contribution is 7.82. The SMILES string of the molecule is CCCOC(=O)[C@](C)(N)S. The summed E-state index contributed by atoms with van der Waals surface area (Å²) >= 11 is 3.83. The number of hydrogen-bond donors (Lipinski definition) is 2. The van der Waals surface area contributed by atoms with Gasteiger partial charge < -0.3 is 10.5 Å². The predicted molar refractivity (Wildman–Crippen MR) is 42.8 cm³/mol. The summed E-state index contributed by atoms with van der Waals surface area (Å²) in [5, 5.41) is 0. The molecule has 0 aromatic carbocycles. The highest BCUT2D eigenvalue weighted by Gasteiger charge is 2.24. The molecular formula is C6H13NO2S. The fourth-order valence-corrected chi connectivity index (χ4v) is 0.405. The van der Waals surface area contributed by atoms with Crippen molar-refractivity contribution in [2.75, 3.05) is 6.61 Å². The Morgan fingerprint density at radius 1 is 1.80 bits per heavy atom. The molecule has 0 aromatic heterocycles. The molecule has 0 saturated heterocycles. The van der Waals surface area contributed by atoms with E-state index in [-0.39, 0.29) is 0 Å². The van der Waals surface area contributed by atoms with E-state index in [0.717, 1.165) is 6.42 Å². The fourth-order valence-electron chi connectivity index (χ4n) is 0.341. The van der Waals surface area contributed by atoms with E-state index in [1.807, 2.05) is 6.92 Å². The Morgan fingerprint density at radius 3 is 2.60 bits per heavy atom. The zero-order valence-corrected chi connectivity index (χ0v) is 7.15. The first kappa shape index (κ1) is 9.78. The summed E-state index contributed by atoms with van der Waals surface area (Å²) < 4.78 is 4.72. The van der Waals surface area contributed by atoms with Crippen molar-refractivity contribution < 1.29 is 9.53 Å². The van der Waals surface area contributed by atoms with Gasteiger partial charge in [0.15, 0.2) is 4.87 Å². The second-order valence-electron chi connectivity index (χ2n) is 2.28. The third-order valence-corrected chi connectivity index (χ3v) is 1.03. The molecule has 0 fully saturated rings. The number of rotatable bonds is 3. The van der Waals surface area contributed by atoms with Crippen LogP contribution in [0.15, 0.2) is 0 Å². The molecule has 0 unspecified atom stereocenters. The molecule has 0 aliphatic carbocycles. The second-order valence-corrected chi connectivity index (χ2v) is 3.21. The first-order valence-corrected chi connectivity index (χ1v) is 3.61. The number of carbonyl (C=O) groups excluding carboxylic acids is 1. The van der Waals surface area contributed by atoms with E-state index in [2.05, 4.69) is 12.6 Å². The van der Waals surface area contributed by atoms with Crippen LogP contribution < -0.4 is 5.73 Å². The van der Waals surface area contributed by atoms with E-state index in [1.54, 1.807) is 0 Å². The van der Waals surface area contributed by atoms with Crippen molar-refractivity contribution in [2.24, 2.45) is 5.73 Å². The summed E-state index contributed by atoms with van der Waals surface area (Å²) in [6.45, 7) is 3.82. The smallest absolute Gasteiger partial charge is 0.336 e. The van der Waals surface area contributed by atoms with Gasteiger partial charge in [0.2, 0.25) is 0 Å². The molecule has 0 aliphatic rings. The standard InChI is InChI=1S/C6H13NO2S/c1-3-4-9-5(8)6(2,7)10/h10H,3-4,7H2,1-2H3/t6-/m1/s1. The minimum Gasteiger partial charge on any atom is -0.464 e. The number of ether oxygens (including phenoxy) is 1. The van der Waals surface area contributed by atoms with Gasteiger partial charge >= 0.3 is 5.97 Å². The number of carbonyl (C=O) groups is 1. The molecule has 2 N–H and O–H groups in total. The Bertz CT molecular complexity index is 119. The van der Waals surface area contributed by atoms with Crippen LogP contribution in [0.4, 0.5) is 0 Å². The molecule has 3 nitrogen and oxygen atoms in total. The zero-order valence-electron chi connectivity index (χ0n) is 6.26. The van der Waals surface area contributed by atoms with Crippen molar-refractivity contribution >= 4 is 18.6 Å². The van der Waals surface area contributed by atoms with Crippen molar-refractivity contribution in [3.05, 3.63) is 0 Å². The molecule has 10 heavy (non-hydrogen) atoms. The van der Waals surface area contributed by atoms with Crippen LogP contribution in [0.2, 0.25) is 0 Å². The van der Waals surface area contributed by atoms with Crippen molar-refractivity contribution in [3.63, 3.8) is 0 Å². The van der Waals surface area contributed by atoms with Crippen molar-refractivity contribution in [1.29, 1.82) is 0 Å². The van der Waals surface area contributed by atoms with Gasteiger partial charge in [-0.2, -0.15) is 0 Å². The van der Waals surface area contributed by atoms with Gasteiger partial charge in [-0.3, -0.25) is 0 Å².